The second kappa shape index (κ2) is 3.72. The highest BCUT2D eigenvalue weighted by molar-refractivity contribution is 5.31. The van der Waals surface area contributed by atoms with Crippen LogP contribution in [0.2, 0.25) is 0 Å². The molecule has 1 aromatic rings. The summed E-state index contributed by atoms with van der Waals surface area (Å²) in [6.45, 7) is 4.28. The van der Waals surface area contributed by atoms with Gasteiger partial charge in [0.2, 0.25) is 0 Å². The van der Waals surface area contributed by atoms with Gasteiger partial charge >= 0.3 is 0 Å². The van der Waals surface area contributed by atoms with Gasteiger partial charge in [-0.15, -0.1) is 0 Å². The summed E-state index contributed by atoms with van der Waals surface area (Å²) in [7, 11) is 0. The normalized spacial score (nSPS) is 26.8. The van der Waals surface area contributed by atoms with Crippen molar-refractivity contribution in [2.75, 3.05) is 0 Å². The Labute approximate surface area is 85.1 Å². The maximum Gasteiger partial charge on any atom is 0.126 e. The summed E-state index contributed by atoms with van der Waals surface area (Å²) in [4.78, 5) is 0. The summed E-state index contributed by atoms with van der Waals surface area (Å²) in [5.74, 6) is 1.22. The number of rotatable bonds is 1. The van der Waals surface area contributed by atoms with Crippen LogP contribution in [0.15, 0.2) is 18.2 Å². The van der Waals surface area contributed by atoms with Crippen LogP contribution in [0.25, 0.3) is 0 Å². The third-order valence-corrected chi connectivity index (χ3v) is 3.37. The summed E-state index contributed by atoms with van der Waals surface area (Å²) < 4.78 is 13.6. The minimum atomic E-state index is -0.0101. The van der Waals surface area contributed by atoms with Gasteiger partial charge in [-0.2, -0.15) is 0 Å². The maximum atomic E-state index is 13.6. The van der Waals surface area contributed by atoms with E-state index < -0.39 is 0 Å². The Morgan fingerprint density at radius 2 is 2.07 bits per heavy atom. The van der Waals surface area contributed by atoms with Crippen LogP contribution in [0.3, 0.4) is 0 Å². The molecule has 76 valence electrons. The van der Waals surface area contributed by atoms with Crippen molar-refractivity contribution in [3.05, 3.63) is 35.1 Å². The zero-order valence-corrected chi connectivity index (χ0v) is 8.89. The van der Waals surface area contributed by atoms with Crippen LogP contribution in [0.4, 0.5) is 4.39 Å². The molecular formula is C13H17F. The first kappa shape index (κ1) is 9.70. The second-order valence-corrected chi connectivity index (χ2v) is 4.59. The molecule has 1 saturated carbocycles. The molecule has 0 N–H and O–H groups in total. The van der Waals surface area contributed by atoms with E-state index in [1.165, 1.54) is 6.42 Å². The van der Waals surface area contributed by atoms with Gasteiger partial charge in [-0.1, -0.05) is 25.5 Å². The molecule has 0 bridgehead atoms. The van der Waals surface area contributed by atoms with Crippen LogP contribution < -0.4 is 0 Å². The molecule has 0 aromatic heterocycles. The van der Waals surface area contributed by atoms with Gasteiger partial charge in [0.05, 0.1) is 0 Å². The molecule has 0 aliphatic heterocycles. The number of hydrogen-bond acceptors (Lipinski definition) is 0. The SMILES string of the molecule is Cc1cccc(F)c1C1CCC(C)C1. The number of hydrogen-bond donors (Lipinski definition) is 0. The minimum absolute atomic E-state index is 0.0101. The first-order valence-corrected chi connectivity index (χ1v) is 5.43. The molecule has 1 heteroatoms. The van der Waals surface area contributed by atoms with Gasteiger partial charge in [-0.25, -0.2) is 4.39 Å². The molecule has 0 heterocycles. The molecule has 0 amide bonds. The fraction of sp³-hybridized carbons (Fsp3) is 0.538. The fourth-order valence-electron chi connectivity index (χ4n) is 2.63. The van der Waals surface area contributed by atoms with E-state index in [2.05, 4.69) is 6.92 Å². The Hall–Kier alpha value is -0.850. The van der Waals surface area contributed by atoms with E-state index in [0.29, 0.717) is 5.92 Å². The van der Waals surface area contributed by atoms with E-state index in [1.807, 2.05) is 13.0 Å². The molecule has 0 saturated heterocycles. The third-order valence-electron chi connectivity index (χ3n) is 3.37. The van der Waals surface area contributed by atoms with E-state index >= 15 is 0 Å². The lowest BCUT2D eigenvalue weighted by molar-refractivity contribution is 0.559. The molecule has 14 heavy (non-hydrogen) atoms. The Kier molecular flexibility index (Phi) is 2.58. The zero-order chi connectivity index (χ0) is 10.1. The minimum Gasteiger partial charge on any atom is -0.207 e. The van der Waals surface area contributed by atoms with Crippen molar-refractivity contribution in [3.8, 4) is 0 Å². The lowest BCUT2D eigenvalue weighted by Gasteiger charge is -2.14. The summed E-state index contributed by atoms with van der Waals surface area (Å²) in [5.41, 5.74) is 2.08. The number of halogens is 1. The first-order valence-electron chi connectivity index (χ1n) is 5.43. The quantitative estimate of drug-likeness (QED) is 0.630. The van der Waals surface area contributed by atoms with E-state index in [9.17, 15) is 4.39 Å². The highest BCUT2D eigenvalue weighted by Crippen LogP contribution is 2.40. The Morgan fingerprint density at radius 1 is 1.29 bits per heavy atom. The molecule has 2 unspecified atom stereocenters. The van der Waals surface area contributed by atoms with Crippen molar-refractivity contribution < 1.29 is 4.39 Å². The van der Waals surface area contributed by atoms with Gasteiger partial charge in [0.25, 0.3) is 0 Å². The Balaban J connectivity index is 2.31. The average Bonchev–Trinajstić information content (AvgIpc) is 2.51. The summed E-state index contributed by atoms with van der Waals surface area (Å²) >= 11 is 0. The first-order chi connectivity index (χ1) is 6.68. The van der Waals surface area contributed by atoms with E-state index in [1.54, 1.807) is 12.1 Å². The van der Waals surface area contributed by atoms with Crippen molar-refractivity contribution in [3.63, 3.8) is 0 Å². The zero-order valence-electron chi connectivity index (χ0n) is 8.89. The molecule has 2 atom stereocenters. The number of aryl methyl sites for hydroxylation is 1. The van der Waals surface area contributed by atoms with Crippen LogP contribution in [0, 0.1) is 18.7 Å². The lowest BCUT2D eigenvalue weighted by atomic mass is 9.92. The summed E-state index contributed by atoms with van der Waals surface area (Å²) in [6.07, 6.45) is 3.56. The van der Waals surface area contributed by atoms with Crippen LogP contribution in [0.1, 0.15) is 43.2 Å². The smallest absolute Gasteiger partial charge is 0.126 e. The fourth-order valence-corrected chi connectivity index (χ4v) is 2.63. The highest BCUT2D eigenvalue weighted by atomic mass is 19.1. The molecule has 1 aromatic carbocycles. The predicted octanol–water partition coefficient (Wildman–Crippen LogP) is 4.04. The Morgan fingerprint density at radius 3 is 2.64 bits per heavy atom. The van der Waals surface area contributed by atoms with Gasteiger partial charge in [0.1, 0.15) is 5.82 Å². The van der Waals surface area contributed by atoms with Crippen LogP contribution in [0.5, 0.6) is 0 Å². The summed E-state index contributed by atoms with van der Waals surface area (Å²) in [6, 6.07) is 5.40. The average molecular weight is 192 g/mol. The van der Waals surface area contributed by atoms with Crippen molar-refractivity contribution in [2.24, 2.45) is 5.92 Å². The van der Waals surface area contributed by atoms with Crippen molar-refractivity contribution in [1.29, 1.82) is 0 Å². The van der Waals surface area contributed by atoms with E-state index in [0.717, 1.165) is 29.9 Å². The van der Waals surface area contributed by atoms with Gasteiger partial charge in [0.15, 0.2) is 0 Å². The molecule has 0 spiro atoms. The Bertz CT molecular complexity index is 310. The van der Waals surface area contributed by atoms with Gasteiger partial charge in [-0.05, 0) is 48.8 Å². The topological polar surface area (TPSA) is 0 Å². The molecule has 1 fully saturated rings. The van der Waals surface area contributed by atoms with E-state index in [4.69, 9.17) is 0 Å². The second-order valence-electron chi connectivity index (χ2n) is 4.59. The molecule has 1 aliphatic rings. The third kappa shape index (κ3) is 1.68. The standard InChI is InChI=1S/C13H17F/c1-9-6-7-11(8-9)13-10(2)4-3-5-12(13)14/h3-5,9,11H,6-8H2,1-2H3. The lowest BCUT2D eigenvalue weighted by Crippen LogP contribution is -2.00. The van der Waals surface area contributed by atoms with Crippen molar-refractivity contribution in [2.45, 2.75) is 39.0 Å². The molecule has 0 nitrogen and oxygen atoms in total. The molecule has 2 rings (SSSR count). The molecular weight excluding hydrogens is 175 g/mol. The van der Waals surface area contributed by atoms with Crippen LogP contribution in [-0.4, -0.2) is 0 Å². The number of benzene rings is 1. The van der Waals surface area contributed by atoms with Crippen LogP contribution in [-0.2, 0) is 0 Å². The molecule has 0 radical (unpaired) electrons. The molecule has 1 aliphatic carbocycles. The monoisotopic (exact) mass is 192 g/mol. The maximum absolute atomic E-state index is 13.6. The summed E-state index contributed by atoms with van der Waals surface area (Å²) in [5, 5.41) is 0. The van der Waals surface area contributed by atoms with Gasteiger partial charge in [-0.3, -0.25) is 0 Å². The van der Waals surface area contributed by atoms with Gasteiger partial charge < -0.3 is 0 Å². The van der Waals surface area contributed by atoms with E-state index in [-0.39, 0.29) is 5.82 Å². The van der Waals surface area contributed by atoms with Crippen molar-refractivity contribution in [1.82, 2.24) is 0 Å². The largest absolute Gasteiger partial charge is 0.207 e. The van der Waals surface area contributed by atoms with Crippen molar-refractivity contribution >= 4 is 0 Å². The predicted molar refractivity (Wildman–Crippen MR) is 56.9 cm³/mol. The highest BCUT2D eigenvalue weighted by Gasteiger charge is 2.25. The van der Waals surface area contributed by atoms with Crippen LogP contribution >= 0.6 is 0 Å². The van der Waals surface area contributed by atoms with Gasteiger partial charge in [0, 0.05) is 0 Å².